The summed E-state index contributed by atoms with van der Waals surface area (Å²) in [5, 5.41) is 3.18. The average molecular weight is 245 g/mol. The minimum absolute atomic E-state index is 0.689. The second kappa shape index (κ2) is 5.14. The van der Waals surface area contributed by atoms with E-state index >= 15 is 0 Å². The molecule has 1 heterocycles. The van der Waals surface area contributed by atoms with Crippen molar-refractivity contribution >= 4 is 21.7 Å². The van der Waals surface area contributed by atoms with E-state index in [1.54, 1.807) is 6.33 Å². The first-order chi connectivity index (χ1) is 6.25. The Balaban J connectivity index is 2.61. The number of anilines is 1. The van der Waals surface area contributed by atoms with Crippen molar-refractivity contribution in [2.75, 3.05) is 18.4 Å². The van der Waals surface area contributed by atoms with Gasteiger partial charge in [-0.1, -0.05) is 0 Å². The van der Waals surface area contributed by atoms with Gasteiger partial charge < -0.3 is 11.1 Å². The van der Waals surface area contributed by atoms with Crippen LogP contribution in [0.3, 0.4) is 0 Å². The summed E-state index contributed by atoms with van der Waals surface area (Å²) in [6, 6.07) is 0. The van der Waals surface area contributed by atoms with Gasteiger partial charge in [-0.2, -0.15) is 0 Å². The predicted molar refractivity (Wildman–Crippen MR) is 56.6 cm³/mol. The van der Waals surface area contributed by atoms with E-state index in [1.165, 1.54) is 0 Å². The van der Waals surface area contributed by atoms with Crippen molar-refractivity contribution in [2.45, 2.75) is 13.3 Å². The standard InChI is InChI=1S/C8H13BrN4/c1-6-7(9)8(13-5-12-6)11-4-2-3-10/h5H,2-4,10H2,1H3,(H,11,12,13). The zero-order valence-corrected chi connectivity index (χ0v) is 9.13. The van der Waals surface area contributed by atoms with Crippen LogP contribution < -0.4 is 11.1 Å². The van der Waals surface area contributed by atoms with Crippen molar-refractivity contribution in [3.8, 4) is 0 Å². The Morgan fingerprint density at radius 1 is 1.54 bits per heavy atom. The molecule has 0 fully saturated rings. The Morgan fingerprint density at radius 2 is 2.31 bits per heavy atom. The molecule has 1 aromatic rings. The fourth-order valence-corrected chi connectivity index (χ4v) is 1.23. The zero-order chi connectivity index (χ0) is 9.68. The molecule has 13 heavy (non-hydrogen) atoms. The van der Waals surface area contributed by atoms with Crippen molar-refractivity contribution in [3.05, 3.63) is 16.5 Å². The van der Waals surface area contributed by atoms with E-state index in [1.807, 2.05) is 6.92 Å². The Hall–Kier alpha value is -0.680. The van der Waals surface area contributed by atoms with Gasteiger partial charge in [-0.3, -0.25) is 0 Å². The molecule has 0 radical (unpaired) electrons. The number of nitrogens with two attached hydrogens (primary N) is 1. The van der Waals surface area contributed by atoms with Gasteiger partial charge in [-0.05, 0) is 35.8 Å². The monoisotopic (exact) mass is 244 g/mol. The highest BCUT2D eigenvalue weighted by Crippen LogP contribution is 2.21. The summed E-state index contributed by atoms with van der Waals surface area (Å²) < 4.78 is 0.923. The molecule has 0 aliphatic carbocycles. The lowest BCUT2D eigenvalue weighted by Gasteiger charge is -2.07. The summed E-state index contributed by atoms with van der Waals surface area (Å²) in [5.74, 6) is 0.834. The first kappa shape index (κ1) is 10.4. The second-order valence-electron chi connectivity index (χ2n) is 2.69. The third-order valence-electron chi connectivity index (χ3n) is 1.64. The summed E-state index contributed by atoms with van der Waals surface area (Å²) in [5.41, 5.74) is 6.31. The molecular weight excluding hydrogens is 232 g/mol. The van der Waals surface area contributed by atoms with Gasteiger partial charge in [0.05, 0.1) is 10.2 Å². The van der Waals surface area contributed by atoms with Crippen molar-refractivity contribution in [3.63, 3.8) is 0 Å². The van der Waals surface area contributed by atoms with Gasteiger partial charge in [0, 0.05) is 6.54 Å². The van der Waals surface area contributed by atoms with E-state index in [2.05, 4.69) is 31.2 Å². The van der Waals surface area contributed by atoms with Crippen molar-refractivity contribution < 1.29 is 0 Å². The van der Waals surface area contributed by atoms with Gasteiger partial charge in [0.1, 0.15) is 12.1 Å². The molecule has 1 rings (SSSR count). The van der Waals surface area contributed by atoms with Crippen LogP contribution in [0.25, 0.3) is 0 Å². The minimum atomic E-state index is 0.689. The van der Waals surface area contributed by atoms with E-state index in [0.29, 0.717) is 6.54 Å². The molecule has 3 N–H and O–H groups in total. The lowest BCUT2D eigenvalue weighted by molar-refractivity contribution is 0.867. The van der Waals surface area contributed by atoms with Crippen molar-refractivity contribution in [1.29, 1.82) is 0 Å². The second-order valence-corrected chi connectivity index (χ2v) is 3.48. The van der Waals surface area contributed by atoms with Crippen LogP contribution in [0.15, 0.2) is 10.8 Å². The van der Waals surface area contributed by atoms with E-state index in [0.717, 1.165) is 29.0 Å². The fraction of sp³-hybridized carbons (Fsp3) is 0.500. The Morgan fingerprint density at radius 3 is 3.00 bits per heavy atom. The smallest absolute Gasteiger partial charge is 0.144 e. The first-order valence-electron chi connectivity index (χ1n) is 4.16. The molecule has 0 aliphatic heterocycles. The van der Waals surface area contributed by atoms with Crippen LogP contribution in [0.5, 0.6) is 0 Å². The van der Waals surface area contributed by atoms with E-state index in [4.69, 9.17) is 5.73 Å². The molecule has 0 saturated heterocycles. The lowest BCUT2D eigenvalue weighted by atomic mass is 10.4. The van der Waals surface area contributed by atoms with Gasteiger partial charge in [-0.15, -0.1) is 0 Å². The SMILES string of the molecule is Cc1ncnc(NCCCN)c1Br. The number of rotatable bonds is 4. The van der Waals surface area contributed by atoms with Crippen LogP contribution in [-0.4, -0.2) is 23.1 Å². The molecule has 0 saturated carbocycles. The molecule has 0 spiro atoms. The number of hydrogen-bond donors (Lipinski definition) is 2. The fourth-order valence-electron chi connectivity index (χ4n) is 0.890. The summed E-state index contributed by atoms with van der Waals surface area (Å²) in [6.45, 7) is 3.46. The maximum absolute atomic E-state index is 5.38. The number of aryl methyl sites for hydroxylation is 1. The molecule has 0 bridgehead atoms. The van der Waals surface area contributed by atoms with Crippen LogP contribution in [-0.2, 0) is 0 Å². The molecular formula is C8H13BrN4. The van der Waals surface area contributed by atoms with Crippen LogP contribution in [0.4, 0.5) is 5.82 Å². The first-order valence-corrected chi connectivity index (χ1v) is 4.96. The van der Waals surface area contributed by atoms with Gasteiger partial charge in [0.2, 0.25) is 0 Å². The van der Waals surface area contributed by atoms with Crippen LogP contribution in [0.1, 0.15) is 12.1 Å². The van der Waals surface area contributed by atoms with Gasteiger partial charge in [0.15, 0.2) is 0 Å². The number of nitrogens with zero attached hydrogens (tertiary/aromatic N) is 2. The molecule has 4 nitrogen and oxygen atoms in total. The normalized spacial score (nSPS) is 10.1. The molecule has 0 atom stereocenters. The van der Waals surface area contributed by atoms with E-state index in [-0.39, 0.29) is 0 Å². The lowest BCUT2D eigenvalue weighted by Crippen LogP contribution is -2.10. The maximum Gasteiger partial charge on any atom is 0.144 e. The zero-order valence-electron chi connectivity index (χ0n) is 7.55. The van der Waals surface area contributed by atoms with Crippen molar-refractivity contribution in [1.82, 2.24) is 9.97 Å². The highest BCUT2D eigenvalue weighted by molar-refractivity contribution is 9.10. The number of halogens is 1. The summed E-state index contributed by atoms with van der Waals surface area (Å²) in [6.07, 6.45) is 2.49. The third-order valence-corrected chi connectivity index (χ3v) is 2.59. The molecule has 0 aromatic carbocycles. The van der Waals surface area contributed by atoms with Crippen LogP contribution in [0.2, 0.25) is 0 Å². The topological polar surface area (TPSA) is 63.8 Å². The predicted octanol–water partition coefficient (Wildman–Crippen LogP) is 1.31. The maximum atomic E-state index is 5.38. The van der Waals surface area contributed by atoms with E-state index in [9.17, 15) is 0 Å². The largest absolute Gasteiger partial charge is 0.369 e. The molecule has 72 valence electrons. The highest BCUT2D eigenvalue weighted by Gasteiger charge is 2.02. The molecule has 5 heteroatoms. The summed E-state index contributed by atoms with van der Waals surface area (Å²) in [4.78, 5) is 8.15. The third kappa shape index (κ3) is 2.93. The van der Waals surface area contributed by atoms with Crippen molar-refractivity contribution in [2.24, 2.45) is 5.73 Å². The Bertz CT molecular complexity index is 277. The summed E-state index contributed by atoms with van der Waals surface area (Å²) in [7, 11) is 0. The molecule has 1 aromatic heterocycles. The van der Waals surface area contributed by atoms with Crippen LogP contribution in [0, 0.1) is 6.92 Å². The molecule has 0 unspecified atom stereocenters. The minimum Gasteiger partial charge on any atom is -0.369 e. The van der Waals surface area contributed by atoms with E-state index < -0.39 is 0 Å². The number of hydrogen-bond acceptors (Lipinski definition) is 4. The quantitative estimate of drug-likeness (QED) is 0.785. The van der Waals surface area contributed by atoms with Gasteiger partial charge >= 0.3 is 0 Å². The number of nitrogens with one attached hydrogen (secondary N) is 1. The van der Waals surface area contributed by atoms with Gasteiger partial charge in [-0.25, -0.2) is 9.97 Å². The highest BCUT2D eigenvalue weighted by atomic mass is 79.9. The summed E-state index contributed by atoms with van der Waals surface area (Å²) >= 11 is 3.41. The Kier molecular flexibility index (Phi) is 4.11. The van der Waals surface area contributed by atoms with Gasteiger partial charge in [0.25, 0.3) is 0 Å². The molecule has 0 aliphatic rings. The van der Waals surface area contributed by atoms with Crippen LogP contribution >= 0.6 is 15.9 Å². The number of aromatic nitrogens is 2. The average Bonchev–Trinajstić information content (AvgIpc) is 2.13. The molecule has 0 amide bonds. The Labute approximate surface area is 86.1 Å².